The summed E-state index contributed by atoms with van der Waals surface area (Å²) < 4.78 is 10.6. The van der Waals surface area contributed by atoms with Gasteiger partial charge in [-0.15, -0.1) is 0 Å². The largest absolute Gasteiger partial charge is 0.493 e. The van der Waals surface area contributed by atoms with E-state index in [0.717, 1.165) is 25.7 Å². The van der Waals surface area contributed by atoms with Gasteiger partial charge in [0.2, 0.25) is 5.91 Å². The monoisotopic (exact) mass is 362 g/mol. The highest BCUT2D eigenvalue weighted by Crippen LogP contribution is 2.30. The molecule has 0 saturated carbocycles. The van der Waals surface area contributed by atoms with Crippen LogP contribution in [0.4, 0.5) is 0 Å². The second-order valence-corrected chi connectivity index (χ2v) is 6.63. The van der Waals surface area contributed by atoms with Crippen molar-refractivity contribution >= 4 is 11.8 Å². The Morgan fingerprint density at radius 1 is 1.15 bits per heavy atom. The Kier molecular flexibility index (Phi) is 7.30. The SMILES string of the molecule is CCC(CC)C(=O)N1CCC(NC(=O)c2cccc(OC)c2OC)CC1. The van der Waals surface area contributed by atoms with Crippen molar-refractivity contribution in [3.8, 4) is 11.5 Å². The molecule has 2 rings (SSSR count). The van der Waals surface area contributed by atoms with E-state index in [-0.39, 0.29) is 23.8 Å². The van der Waals surface area contributed by atoms with Gasteiger partial charge in [-0.05, 0) is 37.8 Å². The number of nitrogens with one attached hydrogen (secondary N) is 1. The molecular formula is C20H30N2O4. The van der Waals surface area contributed by atoms with Crippen molar-refractivity contribution in [2.24, 2.45) is 5.92 Å². The van der Waals surface area contributed by atoms with E-state index in [0.29, 0.717) is 30.2 Å². The first-order valence-corrected chi connectivity index (χ1v) is 9.36. The van der Waals surface area contributed by atoms with Crippen molar-refractivity contribution in [3.05, 3.63) is 23.8 Å². The number of methoxy groups -OCH3 is 2. The molecule has 1 heterocycles. The molecule has 0 aromatic heterocycles. The predicted molar refractivity (Wildman–Crippen MR) is 101 cm³/mol. The van der Waals surface area contributed by atoms with E-state index in [9.17, 15) is 9.59 Å². The van der Waals surface area contributed by atoms with Crippen molar-refractivity contribution in [1.29, 1.82) is 0 Å². The van der Waals surface area contributed by atoms with Crippen molar-refractivity contribution in [2.45, 2.75) is 45.6 Å². The number of hydrogen-bond donors (Lipinski definition) is 1. The number of nitrogens with zero attached hydrogens (tertiary/aromatic N) is 1. The third kappa shape index (κ3) is 4.48. The number of carbonyl (C=O) groups is 2. The zero-order chi connectivity index (χ0) is 19.1. The second-order valence-electron chi connectivity index (χ2n) is 6.63. The summed E-state index contributed by atoms with van der Waals surface area (Å²) in [6.07, 6.45) is 3.29. The molecule has 0 atom stereocenters. The Morgan fingerprint density at radius 2 is 1.81 bits per heavy atom. The summed E-state index contributed by atoms with van der Waals surface area (Å²) in [6, 6.07) is 5.32. The molecule has 6 nitrogen and oxygen atoms in total. The third-order valence-corrected chi connectivity index (χ3v) is 5.12. The van der Waals surface area contributed by atoms with E-state index in [1.807, 2.05) is 4.90 Å². The molecule has 0 radical (unpaired) electrons. The molecule has 1 fully saturated rings. The van der Waals surface area contributed by atoms with Crippen LogP contribution in [0.15, 0.2) is 18.2 Å². The van der Waals surface area contributed by atoms with E-state index >= 15 is 0 Å². The van der Waals surface area contributed by atoms with Crippen LogP contribution in [0, 0.1) is 5.92 Å². The number of benzene rings is 1. The van der Waals surface area contributed by atoms with E-state index in [2.05, 4.69) is 19.2 Å². The molecule has 1 saturated heterocycles. The van der Waals surface area contributed by atoms with Crippen LogP contribution in [0.1, 0.15) is 49.9 Å². The Bertz CT molecular complexity index is 620. The fourth-order valence-electron chi connectivity index (χ4n) is 3.47. The molecular weight excluding hydrogens is 332 g/mol. The smallest absolute Gasteiger partial charge is 0.255 e. The van der Waals surface area contributed by atoms with Crippen molar-refractivity contribution in [3.63, 3.8) is 0 Å². The number of carbonyl (C=O) groups excluding carboxylic acids is 2. The highest BCUT2D eigenvalue weighted by Gasteiger charge is 2.28. The van der Waals surface area contributed by atoms with Gasteiger partial charge in [0, 0.05) is 25.0 Å². The number of ether oxygens (including phenoxy) is 2. The molecule has 0 bridgehead atoms. The van der Waals surface area contributed by atoms with Crippen LogP contribution in [0.2, 0.25) is 0 Å². The Hall–Kier alpha value is -2.24. The average Bonchev–Trinajstić information content (AvgIpc) is 2.68. The lowest BCUT2D eigenvalue weighted by atomic mass is 9.98. The van der Waals surface area contributed by atoms with Gasteiger partial charge in [0.25, 0.3) is 5.91 Å². The molecule has 6 heteroatoms. The Labute approximate surface area is 155 Å². The van der Waals surface area contributed by atoms with Gasteiger partial charge in [-0.25, -0.2) is 0 Å². The molecule has 2 amide bonds. The predicted octanol–water partition coefficient (Wildman–Crippen LogP) is 2.86. The highest BCUT2D eigenvalue weighted by molar-refractivity contribution is 5.98. The lowest BCUT2D eigenvalue weighted by molar-refractivity contribution is -0.136. The molecule has 1 aliphatic heterocycles. The first-order chi connectivity index (χ1) is 12.5. The summed E-state index contributed by atoms with van der Waals surface area (Å²) in [5.74, 6) is 1.15. The van der Waals surface area contributed by atoms with Crippen molar-refractivity contribution in [1.82, 2.24) is 10.2 Å². The zero-order valence-electron chi connectivity index (χ0n) is 16.2. The Balaban J connectivity index is 1.96. The topological polar surface area (TPSA) is 67.9 Å². The average molecular weight is 362 g/mol. The van der Waals surface area contributed by atoms with E-state index in [4.69, 9.17) is 9.47 Å². The number of likely N-dealkylation sites (tertiary alicyclic amines) is 1. The first-order valence-electron chi connectivity index (χ1n) is 9.36. The molecule has 0 unspecified atom stereocenters. The van der Waals surface area contributed by atoms with E-state index in [1.54, 1.807) is 25.3 Å². The lowest BCUT2D eigenvalue weighted by Crippen LogP contribution is -2.48. The fraction of sp³-hybridized carbons (Fsp3) is 0.600. The molecule has 1 N–H and O–H groups in total. The summed E-state index contributed by atoms with van der Waals surface area (Å²) in [5.41, 5.74) is 0.461. The van der Waals surface area contributed by atoms with Gasteiger partial charge in [0.05, 0.1) is 19.8 Å². The molecule has 0 aliphatic carbocycles. The molecule has 144 valence electrons. The van der Waals surface area contributed by atoms with E-state index in [1.165, 1.54) is 7.11 Å². The number of piperidine rings is 1. The number of amides is 2. The lowest BCUT2D eigenvalue weighted by Gasteiger charge is -2.34. The maximum atomic E-state index is 12.6. The highest BCUT2D eigenvalue weighted by atomic mass is 16.5. The Morgan fingerprint density at radius 3 is 2.35 bits per heavy atom. The zero-order valence-corrected chi connectivity index (χ0v) is 16.2. The van der Waals surface area contributed by atoms with Crippen molar-refractivity contribution in [2.75, 3.05) is 27.3 Å². The van der Waals surface area contributed by atoms with Gasteiger partial charge in [-0.2, -0.15) is 0 Å². The van der Waals surface area contributed by atoms with Gasteiger partial charge in [0.1, 0.15) is 0 Å². The quantitative estimate of drug-likeness (QED) is 0.810. The maximum Gasteiger partial charge on any atom is 0.255 e. The minimum absolute atomic E-state index is 0.0594. The number of para-hydroxylation sites is 1. The van der Waals surface area contributed by atoms with Gasteiger partial charge >= 0.3 is 0 Å². The number of hydrogen-bond acceptors (Lipinski definition) is 4. The molecule has 1 aliphatic rings. The van der Waals surface area contributed by atoms with Gasteiger partial charge in [-0.1, -0.05) is 19.9 Å². The van der Waals surface area contributed by atoms with Gasteiger partial charge in [0.15, 0.2) is 11.5 Å². The molecule has 26 heavy (non-hydrogen) atoms. The van der Waals surface area contributed by atoms with Gasteiger partial charge in [-0.3, -0.25) is 9.59 Å². The summed E-state index contributed by atoms with van der Waals surface area (Å²) in [6.45, 7) is 5.49. The minimum Gasteiger partial charge on any atom is -0.493 e. The number of rotatable bonds is 7. The van der Waals surface area contributed by atoms with Crippen LogP contribution < -0.4 is 14.8 Å². The normalized spacial score (nSPS) is 15.0. The summed E-state index contributed by atoms with van der Waals surface area (Å²) in [4.78, 5) is 27.1. The van der Waals surface area contributed by atoms with Crippen LogP contribution in [-0.2, 0) is 4.79 Å². The standard InChI is InChI=1S/C20H30N2O4/c1-5-14(6-2)20(24)22-12-10-15(11-13-22)21-19(23)16-8-7-9-17(25-3)18(16)26-4/h7-9,14-15H,5-6,10-13H2,1-4H3,(H,21,23). The van der Waals surface area contributed by atoms with Crippen LogP contribution in [0.5, 0.6) is 11.5 Å². The summed E-state index contributed by atoms with van der Waals surface area (Å²) >= 11 is 0. The summed E-state index contributed by atoms with van der Waals surface area (Å²) in [5, 5.41) is 3.07. The fourth-order valence-corrected chi connectivity index (χ4v) is 3.47. The van der Waals surface area contributed by atoms with Crippen LogP contribution in [0.3, 0.4) is 0 Å². The van der Waals surface area contributed by atoms with Crippen molar-refractivity contribution < 1.29 is 19.1 Å². The van der Waals surface area contributed by atoms with Crippen LogP contribution in [-0.4, -0.2) is 50.1 Å². The maximum absolute atomic E-state index is 12.6. The summed E-state index contributed by atoms with van der Waals surface area (Å²) in [7, 11) is 3.07. The second kappa shape index (κ2) is 9.46. The minimum atomic E-state index is -0.175. The molecule has 1 aromatic rings. The third-order valence-electron chi connectivity index (χ3n) is 5.12. The molecule has 1 aromatic carbocycles. The first kappa shape index (κ1) is 20.1. The van der Waals surface area contributed by atoms with Crippen LogP contribution >= 0.6 is 0 Å². The molecule has 0 spiro atoms. The van der Waals surface area contributed by atoms with Crippen LogP contribution in [0.25, 0.3) is 0 Å². The van der Waals surface area contributed by atoms with E-state index < -0.39 is 0 Å². The van der Waals surface area contributed by atoms with Gasteiger partial charge < -0.3 is 19.7 Å².